The minimum atomic E-state index is -4.50. The quantitative estimate of drug-likeness (QED) is 0.249. The fourth-order valence-corrected chi connectivity index (χ4v) is 4.00. The molecule has 35 heavy (non-hydrogen) atoms. The third kappa shape index (κ3) is 6.87. The highest BCUT2D eigenvalue weighted by atomic mass is 19.4. The van der Waals surface area contributed by atoms with Crippen molar-refractivity contribution in [1.29, 1.82) is 0 Å². The monoisotopic (exact) mass is 495 g/mol. The van der Waals surface area contributed by atoms with Gasteiger partial charge in [0.05, 0.1) is 11.1 Å². The molecular formula is C27H25F6O2+. The summed E-state index contributed by atoms with van der Waals surface area (Å²) in [5.41, 5.74) is 0.894. The highest BCUT2D eigenvalue weighted by Crippen LogP contribution is 2.35. The van der Waals surface area contributed by atoms with Crippen LogP contribution < -0.4 is 0 Å². The molecule has 186 valence electrons. The summed E-state index contributed by atoms with van der Waals surface area (Å²) in [5, 5.41) is 7.74. The van der Waals surface area contributed by atoms with Crippen molar-refractivity contribution in [2.24, 2.45) is 5.92 Å². The molecule has 0 aliphatic carbocycles. The van der Waals surface area contributed by atoms with Crippen molar-refractivity contribution in [3.63, 3.8) is 0 Å². The number of hydrogen-bond acceptors (Lipinski definition) is 1. The first-order valence-electron chi connectivity index (χ1n) is 11.0. The van der Waals surface area contributed by atoms with E-state index in [0.29, 0.717) is 34.2 Å². The van der Waals surface area contributed by atoms with Gasteiger partial charge < -0.3 is 5.11 Å². The van der Waals surface area contributed by atoms with Gasteiger partial charge in [-0.2, -0.15) is 26.3 Å². The molecule has 0 fully saturated rings. The summed E-state index contributed by atoms with van der Waals surface area (Å²) in [6.45, 7) is 3.80. The predicted molar refractivity (Wildman–Crippen MR) is 122 cm³/mol. The number of rotatable bonds is 7. The lowest BCUT2D eigenvalue weighted by molar-refractivity contribution is -0.139. The number of carbonyl (C=O) groups excluding carboxylic acids is 1. The van der Waals surface area contributed by atoms with Crippen LogP contribution in [0.1, 0.15) is 54.0 Å². The van der Waals surface area contributed by atoms with Gasteiger partial charge in [0, 0.05) is 4.79 Å². The largest absolute Gasteiger partial charge is 0.564 e. The van der Waals surface area contributed by atoms with Crippen LogP contribution in [0.15, 0.2) is 66.7 Å². The predicted octanol–water partition coefficient (Wildman–Crippen LogP) is 7.36. The van der Waals surface area contributed by atoms with Crippen LogP contribution in [0.4, 0.5) is 26.3 Å². The Hall–Kier alpha value is -3.29. The summed E-state index contributed by atoms with van der Waals surface area (Å²) in [6.07, 6.45) is -8.48. The fourth-order valence-electron chi connectivity index (χ4n) is 4.00. The van der Waals surface area contributed by atoms with Gasteiger partial charge in [-0.1, -0.05) is 62.4 Å². The van der Waals surface area contributed by atoms with E-state index in [-0.39, 0.29) is 12.3 Å². The first-order chi connectivity index (χ1) is 16.2. The Kier molecular flexibility index (Phi) is 7.62. The number of alkyl halides is 6. The molecule has 0 aliphatic heterocycles. The average Bonchev–Trinajstić information content (AvgIpc) is 2.76. The molecule has 3 rings (SSSR count). The summed E-state index contributed by atoms with van der Waals surface area (Å²) >= 11 is 0. The van der Waals surface area contributed by atoms with E-state index in [1.807, 2.05) is 13.8 Å². The summed E-state index contributed by atoms with van der Waals surface area (Å²) in [7, 11) is 0. The summed E-state index contributed by atoms with van der Waals surface area (Å²) in [6, 6.07) is 14.5. The second-order valence-corrected chi connectivity index (χ2v) is 8.96. The molecule has 0 aromatic heterocycles. The van der Waals surface area contributed by atoms with Crippen LogP contribution in [0.3, 0.4) is 0 Å². The lowest BCUT2D eigenvalue weighted by Crippen LogP contribution is -2.14. The molecule has 1 unspecified atom stereocenters. The van der Waals surface area contributed by atoms with Crippen LogP contribution in [0.25, 0.3) is 11.1 Å². The lowest BCUT2D eigenvalue weighted by Gasteiger charge is -2.16. The molecule has 0 amide bonds. The minimum Gasteiger partial charge on any atom is -0.564 e. The van der Waals surface area contributed by atoms with E-state index in [1.54, 1.807) is 24.3 Å². The van der Waals surface area contributed by atoms with Gasteiger partial charge in [-0.3, -0.25) is 0 Å². The summed E-state index contributed by atoms with van der Waals surface area (Å²) < 4.78 is 78.4. The van der Waals surface area contributed by atoms with E-state index in [2.05, 4.69) is 0 Å². The zero-order valence-corrected chi connectivity index (χ0v) is 19.1. The standard InChI is InChI=1S/C27H24F6O2/c1-16(2)10-24(25(34)35)21-13-18(11-17-4-3-5-23(14-17)27(31,32)33)12-20(15-21)19-6-8-22(9-7-19)26(28,29)30/h3-9,12-16,24H,10-11H2,1-2H3,(H,34,35)/p+1. The van der Waals surface area contributed by atoms with Gasteiger partial charge in [0.1, 0.15) is 5.92 Å². The molecule has 0 aliphatic rings. The Bertz CT molecular complexity index is 1180. The van der Waals surface area contributed by atoms with Gasteiger partial charge in [0.2, 0.25) is 0 Å². The Morgan fingerprint density at radius 1 is 0.771 bits per heavy atom. The SMILES string of the molecule is CC(C)CC(C(=O)[OH2+])c1cc(Cc2cccc(C(F)(F)F)c2)cc(-c2ccc(C(F)(F)F)cc2)c1. The molecule has 0 bridgehead atoms. The van der Waals surface area contributed by atoms with Crippen molar-refractivity contribution in [2.45, 2.75) is 45.0 Å². The van der Waals surface area contributed by atoms with Crippen LogP contribution in [-0.2, 0) is 23.6 Å². The van der Waals surface area contributed by atoms with Crippen molar-refractivity contribution in [2.75, 3.05) is 0 Å². The van der Waals surface area contributed by atoms with Crippen LogP contribution in [0, 0.1) is 5.92 Å². The zero-order chi connectivity index (χ0) is 26.0. The molecule has 0 spiro atoms. The molecule has 8 heteroatoms. The van der Waals surface area contributed by atoms with E-state index in [4.69, 9.17) is 5.11 Å². The molecule has 1 atom stereocenters. The number of benzene rings is 3. The second kappa shape index (κ2) is 10.1. The number of carbonyl (C=O) groups is 1. The normalized spacial score (nSPS) is 13.2. The van der Waals surface area contributed by atoms with E-state index in [9.17, 15) is 31.1 Å². The molecule has 0 saturated heterocycles. The van der Waals surface area contributed by atoms with Gasteiger partial charge in [0.25, 0.3) is 0 Å². The van der Waals surface area contributed by atoms with Crippen LogP contribution in [-0.4, -0.2) is 11.1 Å². The van der Waals surface area contributed by atoms with E-state index in [0.717, 1.165) is 24.3 Å². The van der Waals surface area contributed by atoms with Gasteiger partial charge in [-0.05, 0) is 64.8 Å². The maximum atomic E-state index is 13.2. The molecular weight excluding hydrogens is 470 g/mol. The third-order valence-electron chi connectivity index (χ3n) is 5.65. The Balaban J connectivity index is 2.09. The van der Waals surface area contributed by atoms with Crippen LogP contribution in [0.2, 0.25) is 0 Å². The third-order valence-corrected chi connectivity index (χ3v) is 5.65. The Labute approximate surface area is 199 Å². The van der Waals surface area contributed by atoms with Crippen LogP contribution in [0.5, 0.6) is 0 Å². The van der Waals surface area contributed by atoms with Gasteiger partial charge in [-0.15, -0.1) is 0 Å². The molecule has 3 aromatic rings. The van der Waals surface area contributed by atoms with E-state index in [1.165, 1.54) is 18.2 Å². The summed E-state index contributed by atoms with van der Waals surface area (Å²) in [5.74, 6) is -1.46. The Morgan fingerprint density at radius 2 is 1.40 bits per heavy atom. The van der Waals surface area contributed by atoms with Crippen molar-refractivity contribution < 1.29 is 36.2 Å². The highest BCUT2D eigenvalue weighted by molar-refractivity contribution is 5.77. The molecule has 2 N–H and O–H groups in total. The smallest absolute Gasteiger partial charge is 0.523 e. The van der Waals surface area contributed by atoms with Crippen LogP contribution >= 0.6 is 0 Å². The first kappa shape index (κ1) is 26.3. The van der Waals surface area contributed by atoms with E-state index >= 15 is 0 Å². The molecule has 0 radical (unpaired) electrons. The Morgan fingerprint density at radius 3 is 1.94 bits per heavy atom. The lowest BCUT2D eigenvalue weighted by atomic mass is 9.86. The molecule has 0 saturated carbocycles. The highest BCUT2D eigenvalue weighted by Gasteiger charge is 2.32. The van der Waals surface area contributed by atoms with Gasteiger partial charge in [0.15, 0.2) is 0 Å². The number of hydrogen-bond donors (Lipinski definition) is 0. The average molecular weight is 495 g/mol. The van der Waals surface area contributed by atoms with Gasteiger partial charge >= 0.3 is 18.3 Å². The van der Waals surface area contributed by atoms with Crippen molar-refractivity contribution in [3.8, 4) is 11.1 Å². The fraction of sp³-hybridized carbons (Fsp3) is 0.296. The molecule has 0 heterocycles. The minimum absolute atomic E-state index is 0.0935. The maximum Gasteiger partial charge on any atom is 0.523 e. The maximum absolute atomic E-state index is 13.2. The second-order valence-electron chi connectivity index (χ2n) is 8.96. The topological polar surface area (TPSA) is 40.0 Å². The molecule has 3 aromatic carbocycles. The van der Waals surface area contributed by atoms with Crippen molar-refractivity contribution in [1.82, 2.24) is 0 Å². The van der Waals surface area contributed by atoms with E-state index < -0.39 is 35.4 Å². The molecule has 2 nitrogen and oxygen atoms in total. The first-order valence-corrected chi connectivity index (χ1v) is 11.0. The number of halogens is 6. The van der Waals surface area contributed by atoms with Crippen molar-refractivity contribution >= 4 is 5.97 Å². The van der Waals surface area contributed by atoms with Gasteiger partial charge in [-0.25, -0.2) is 0 Å². The summed E-state index contributed by atoms with van der Waals surface area (Å²) in [4.78, 5) is 12.1. The van der Waals surface area contributed by atoms with Crippen molar-refractivity contribution in [3.05, 3.63) is 94.5 Å². The zero-order valence-electron chi connectivity index (χ0n) is 19.1.